The SMILES string of the molecule is CC[C@H](N)C(=O)NC(C)c1ccc2c(c1)CCCC2. The summed E-state index contributed by atoms with van der Waals surface area (Å²) in [5.74, 6) is -0.0623. The second kappa shape index (κ2) is 6.20. The van der Waals surface area contributed by atoms with E-state index in [4.69, 9.17) is 5.73 Å². The highest BCUT2D eigenvalue weighted by Gasteiger charge is 2.16. The van der Waals surface area contributed by atoms with E-state index in [-0.39, 0.29) is 11.9 Å². The third kappa shape index (κ3) is 3.35. The lowest BCUT2D eigenvalue weighted by atomic mass is 9.89. The van der Waals surface area contributed by atoms with Gasteiger partial charge in [-0.2, -0.15) is 0 Å². The molecule has 0 saturated heterocycles. The Morgan fingerprint density at radius 2 is 2.00 bits per heavy atom. The molecule has 1 aliphatic rings. The molecule has 1 aromatic rings. The van der Waals surface area contributed by atoms with Crippen LogP contribution in [0.1, 0.15) is 55.8 Å². The number of rotatable bonds is 4. The maximum absolute atomic E-state index is 11.8. The first-order valence-electron chi connectivity index (χ1n) is 7.29. The van der Waals surface area contributed by atoms with Crippen LogP contribution in [-0.4, -0.2) is 11.9 Å². The second-order valence-corrected chi connectivity index (χ2v) is 5.48. The standard InChI is InChI=1S/C16H24N2O/c1-3-15(17)16(19)18-11(2)13-9-8-12-6-4-5-7-14(12)10-13/h8-11,15H,3-7,17H2,1-2H3,(H,18,19)/t11?,15-/m0/s1. The molecule has 2 rings (SSSR count). The Balaban J connectivity index is 2.07. The number of hydrogen-bond acceptors (Lipinski definition) is 2. The molecule has 104 valence electrons. The van der Waals surface area contributed by atoms with Crippen molar-refractivity contribution in [1.82, 2.24) is 5.32 Å². The Hall–Kier alpha value is -1.35. The molecule has 1 unspecified atom stereocenters. The van der Waals surface area contributed by atoms with Crippen molar-refractivity contribution in [3.8, 4) is 0 Å². The van der Waals surface area contributed by atoms with Crippen molar-refractivity contribution in [2.45, 2.75) is 58.0 Å². The number of benzene rings is 1. The summed E-state index contributed by atoms with van der Waals surface area (Å²) >= 11 is 0. The maximum Gasteiger partial charge on any atom is 0.237 e. The molecule has 3 N–H and O–H groups in total. The van der Waals surface area contributed by atoms with Gasteiger partial charge in [-0.3, -0.25) is 4.79 Å². The van der Waals surface area contributed by atoms with E-state index >= 15 is 0 Å². The van der Waals surface area contributed by atoms with Crippen molar-refractivity contribution in [3.63, 3.8) is 0 Å². The van der Waals surface area contributed by atoms with Crippen LogP contribution in [-0.2, 0) is 17.6 Å². The molecule has 0 aromatic heterocycles. The summed E-state index contributed by atoms with van der Waals surface area (Å²) in [4.78, 5) is 11.8. The van der Waals surface area contributed by atoms with Crippen LogP contribution in [0.4, 0.5) is 0 Å². The lowest BCUT2D eigenvalue weighted by Gasteiger charge is -2.21. The molecule has 1 aromatic carbocycles. The Labute approximate surface area is 115 Å². The highest BCUT2D eigenvalue weighted by atomic mass is 16.2. The number of hydrogen-bond donors (Lipinski definition) is 2. The number of carbonyl (C=O) groups excluding carboxylic acids is 1. The summed E-state index contributed by atoms with van der Waals surface area (Å²) < 4.78 is 0. The van der Waals surface area contributed by atoms with Crippen molar-refractivity contribution in [2.24, 2.45) is 5.73 Å². The first kappa shape index (κ1) is 14.1. The van der Waals surface area contributed by atoms with E-state index in [0.717, 1.165) is 6.42 Å². The van der Waals surface area contributed by atoms with E-state index in [9.17, 15) is 4.79 Å². The van der Waals surface area contributed by atoms with Gasteiger partial charge in [0.2, 0.25) is 5.91 Å². The molecule has 0 fully saturated rings. The lowest BCUT2D eigenvalue weighted by Crippen LogP contribution is -2.41. The third-order valence-electron chi connectivity index (χ3n) is 4.01. The minimum Gasteiger partial charge on any atom is -0.348 e. The monoisotopic (exact) mass is 260 g/mol. The number of aryl methyl sites for hydroxylation is 2. The topological polar surface area (TPSA) is 55.1 Å². The summed E-state index contributed by atoms with van der Waals surface area (Å²) in [6.07, 6.45) is 5.60. The van der Waals surface area contributed by atoms with Crippen LogP contribution >= 0.6 is 0 Å². The van der Waals surface area contributed by atoms with Gasteiger partial charge in [0.15, 0.2) is 0 Å². The highest BCUT2D eigenvalue weighted by Crippen LogP contribution is 2.24. The van der Waals surface area contributed by atoms with Gasteiger partial charge >= 0.3 is 0 Å². The van der Waals surface area contributed by atoms with Gasteiger partial charge in [0.25, 0.3) is 0 Å². The lowest BCUT2D eigenvalue weighted by molar-refractivity contribution is -0.123. The predicted molar refractivity (Wildman–Crippen MR) is 77.9 cm³/mol. The quantitative estimate of drug-likeness (QED) is 0.874. The van der Waals surface area contributed by atoms with Gasteiger partial charge < -0.3 is 11.1 Å². The van der Waals surface area contributed by atoms with Crippen molar-refractivity contribution >= 4 is 5.91 Å². The molecule has 3 nitrogen and oxygen atoms in total. The van der Waals surface area contributed by atoms with E-state index < -0.39 is 6.04 Å². The molecule has 19 heavy (non-hydrogen) atoms. The predicted octanol–water partition coefficient (Wildman–Crippen LogP) is 2.48. The zero-order valence-corrected chi connectivity index (χ0v) is 11.9. The fraction of sp³-hybridized carbons (Fsp3) is 0.562. The van der Waals surface area contributed by atoms with E-state index in [2.05, 4.69) is 23.5 Å². The fourth-order valence-corrected chi connectivity index (χ4v) is 2.61. The minimum atomic E-state index is -0.403. The van der Waals surface area contributed by atoms with Crippen LogP contribution in [0.3, 0.4) is 0 Å². The van der Waals surface area contributed by atoms with Crippen LogP contribution in [0.25, 0.3) is 0 Å². The zero-order valence-electron chi connectivity index (χ0n) is 11.9. The summed E-state index contributed by atoms with van der Waals surface area (Å²) in [6, 6.07) is 6.22. The van der Waals surface area contributed by atoms with Crippen LogP contribution in [0, 0.1) is 0 Å². The summed E-state index contributed by atoms with van der Waals surface area (Å²) in [5.41, 5.74) is 9.84. The third-order valence-corrected chi connectivity index (χ3v) is 4.01. The molecule has 1 aliphatic carbocycles. The Morgan fingerprint density at radius 1 is 1.32 bits per heavy atom. The van der Waals surface area contributed by atoms with E-state index in [1.54, 1.807) is 0 Å². The summed E-state index contributed by atoms with van der Waals surface area (Å²) in [7, 11) is 0. The normalized spacial score (nSPS) is 17.4. The minimum absolute atomic E-state index is 0.0253. The van der Waals surface area contributed by atoms with Gasteiger partial charge in [0, 0.05) is 0 Å². The van der Waals surface area contributed by atoms with Gasteiger partial charge in [-0.15, -0.1) is 0 Å². The smallest absolute Gasteiger partial charge is 0.237 e. The van der Waals surface area contributed by atoms with Crippen molar-refractivity contribution in [2.75, 3.05) is 0 Å². The number of carbonyl (C=O) groups is 1. The molecule has 0 aliphatic heterocycles. The number of fused-ring (bicyclic) bond motifs is 1. The average molecular weight is 260 g/mol. The van der Waals surface area contributed by atoms with Gasteiger partial charge in [-0.1, -0.05) is 25.1 Å². The molecule has 0 radical (unpaired) electrons. The zero-order chi connectivity index (χ0) is 13.8. The van der Waals surface area contributed by atoms with Crippen molar-refractivity contribution in [1.29, 1.82) is 0 Å². The first-order chi connectivity index (χ1) is 9.11. The van der Waals surface area contributed by atoms with Crippen LogP contribution < -0.4 is 11.1 Å². The van der Waals surface area contributed by atoms with E-state index in [1.807, 2.05) is 13.8 Å². The average Bonchev–Trinajstić information content (AvgIpc) is 2.45. The van der Waals surface area contributed by atoms with Gasteiger partial charge in [-0.05, 0) is 55.7 Å². The van der Waals surface area contributed by atoms with Gasteiger partial charge in [0.1, 0.15) is 0 Å². The molecule has 1 amide bonds. The Morgan fingerprint density at radius 3 is 2.68 bits per heavy atom. The van der Waals surface area contributed by atoms with Crippen LogP contribution in [0.5, 0.6) is 0 Å². The molecular formula is C16H24N2O. The maximum atomic E-state index is 11.8. The van der Waals surface area contributed by atoms with Gasteiger partial charge in [-0.25, -0.2) is 0 Å². The number of amides is 1. The summed E-state index contributed by atoms with van der Waals surface area (Å²) in [5, 5.41) is 2.99. The Bertz CT molecular complexity index is 456. The van der Waals surface area contributed by atoms with Gasteiger partial charge in [0.05, 0.1) is 12.1 Å². The van der Waals surface area contributed by atoms with E-state index in [1.165, 1.54) is 36.0 Å². The molecule has 0 bridgehead atoms. The molecule has 0 heterocycles. The largest absolute Gasteiger partial charge is 0.348 e. The van der Waals surface area contributed by atoms with E-state index in [0.29, 0.717) is 6.42 Å². The molecular weight excluding hydrogens is 236 g/mol. The second-order valence-electron chi connectivity index (χ2n) is 5.48. The van der Waals surface area contributed by atoms with Crippen molar-refractivity contribution in [3.05, 3.63) is 34.9 Å². The molecule has 2 atom stereocenters. The number of nitrogens with two attached hydrogens (primary N) is 1. The molecule has 3 heteroatoms. The first-order valence-corrected chi connectivity index (χ1v) is 7.29. The van der Waals surface area contributed by atoms with Crippen LogP contribution in [0.2, 0.25) is 0 Å². The van der Waals surface area contributed by atoms with Crippen molar-refractivity contribution < 1.29 is 4.79 Å². The highest BCUT2D eigenvalue weighted by molar-refractivity contribution is 5.81. The molecule has 0 saturated carbocycles. The number of nitrogens with one attached hydrogen (secondary N) is 1. The molecule has 0 spiro atoms. The fourth-order valence-electron chi connectivity index (χ4n) is 2.61. The van der Waals surface area contributed by atoms with Crippen LogP contribution in [0.15, 0.2) is 18.2 Å². The summed E-state index contributed by atoms with van der Waals surface area (Å²) in [6.45, 7) is 3.94. The Kier molecular flexibility index (Phi) is 4.59.